The number of benzene rings is 3. The van der Waals surface area contributed by atoms with Crippen LogP contribution < -0.4 is 10.6 Å². The van der Waals surface area contributed by atoms with E-state index in [0.29, 0.717) is 11.3 Å². The summed E-state index contributed by atoms with van der Waals surface area (Å²) in [5.41, 5.74) is 2.16. The lowest BCUT2D eigenvalue weighted by molar-refractivity contribution is -0.142. The molecule has 0 bridgehead atoms. The molecule has 3 aromatic carbocycles. The second kappa shape index (κ2) is 11.4. The zero-order valence-corrected chi connectivity index (χ0v) is 18.0. The quantitative estimate of drug-likeness (QED) is 0.394. The first-order valence-corrected chi connectivity index (χ1v) is 10.3. The summed E-state index contributed by atoms with van der Waals surface area (Å²) in [4.78, 5) is 36.9. The average molecular weight is 446 g/mol. The molecular weight excluding hydrogens is 423 g/mol. The van der Waals surface area contributed by atoms with Crippen LogP contribution in [0.25, 0.3) is 6.08 Å². The molecule has 1 unspecified atom stereocenters. The molecule has 0 aliphatic heterocycles. The number of esters is 1. The van der Waals surface area contributed by atoms with Crippen molar-refractivity contribution >= 4 is 29.5 Å². The van der Waals surface area contributed by atoms with Gasteiger partial charge in [0.15, 0.2) is 6.61 Å². The summed E-state index contributed by atoms with van der Waals surface area (Å²) in [6, 6.07) is 21.4. The molecule has 0 aliphatic carbocycles. The highest BCUT2D eigenvalue weighted by Crippen LogP contribution is 2.18. The topological polar surface area (TPSA) is 84.5 Å². The fraction of sp³-hybridized carbons (Fsp3) is 0.115. The van der Waals surface area contributed by atoms with Crippen LogP contribution in [0, 0.1) is 5.82 Å². The predicted molar refractivity (Wildman–Crippen MR) is 124 cm³/mol. The predicted octanol–water partition coefficient (Wildman–Crippen LogP) is 4.51. The Morgan fingerprint density at radius 3 is 2.33 bits per heavy atom. The van der Waals surface area contributed by atoms with Gasteiger partial charge in [0.05, 0.1) is 17.3 Å². The molecule has 0 heterocycles. The van der Waals surface area contributed by atoms with Crippen LogP contribution in [0.15, 0.2) is 84.9 Å². The fourth-order valence-corrected chi connectivity index (χ4v) is 3.00. The zero-order chi connectivity index (χ0) is 23.6. The first-order chi connectivity index (χ1) is 15.9. The number of anilines is 1. The fourth-order valence-electron chi connectivity index (χ4n) is 3.00. The number of ether oxygens (including phenoxy) is 1. The van der Waals surface area contributed by atoms with Gasteiger partial charge in [0.2, 0.25) is 0 Å². The van der Waals surface area contributed by atoms with Crippen LogP contribution in [0.3, 0.4) is 0 Å². The van der Waals surface area contributed by atoms with Gasteiger partial charge in [0, 0.05) is 6.08 Å². The molecule has 3 aromatic rings. The van der Waals surface area contributed by atoms with Gasteiger partial charge in [-0.05, 0) is 48.4 Å². The number of carbonyl (C=O) groups excluding carboxylic acids is 3. The maximum absolute atomic E-state index is 12.9. The third-order valence-electron chi connectivity index (χ3n) is 4.72. The molecule has 2 N–H and O–H groups in total. The Morgan fingerprint density at radius 2 is 1.61 bits per heavy atom. The Morgan fingerprint density at radius 1 is 0.939 bits per heavy atom. The van der Waals surface area contributed by atoms with E-state index in [2.05, 4.69) is 10.6 Å². The van der Waals surface area contributed by atoms with Crippen molar-refractivity contribution < 1.29 is 23.5 Å². The van der Waals surface area contributed by atoms with Crippen molar-refractivity contribution in [3.05, 3.63) is 107 Å². The monoisotopic (exact) mass is 446 g/mol. The Hall–Kier alpha value is -4.26. The van der Waals surface area contributed by atoms with E-state index in [1.54, 1.807) is 24.3 Å². The largest absolute Gasteiger partial charge is 0.452 e. The minimum atomic E-state index is -0.725. The second-order valence-corrected chi connectivity index (χ2v) is 7.19. The Balaban J connectivity index is 1.55. The van der Waals surface area contributed by atoms with Gasteiger partial charge in [-0.3, -0.25) is 9.59 Å². The van der Waals surface area contributed by atoms with Crippen LogP contribution >= 0.6 is 0 Å². The summed E-state index contributed by atoms with van der Waals surface area (Å²) in [5.74, 6) is -2.04. The van der Waals surface area contributed by atoms with Gasteiger partial charge in [0.25, 0.3) is 11.8 Å². The Labute approximate surface area is 191 Å². The smallest absolute Gasteiger partial charge is 0.331 e. The van der Waals surface area contributed by atoms with Gasteiger partial charge >= 0.3 is 5.97 Å². The lowest BCUT2D eigenvalue weighted by Crippen LogP contribution is -2.28. The summed E-state index contributed by atoms with van der Waals surface area (Å²) in [5, 5.41) is 5.50. The molecule has 0 saturated carbocycles. The highest BCUT2D eigenvalue weighted by atomic mass is 19.1. The van der Waals surface area contributed by atoms with Crippen LogP contribution in [-0.2, 0) is 14.3 Å². The second-order valence-electron chi connectivity index (χ2n) is 7.19. The zero-order valence-electron chi connectivity index (χ0n) is 18.0. The lowest BCUT2D eigenvalue weighted by atomic mass is 10.1. The van der Waals surface area contributed by atoms with E-state index >= 15 is 0 Å². The van der Waals surface area contributed by atoms with E-state index in [0.717, 1.165) is 11.6 Å². The number of para-hydroxylation sites is 1. The standard InChI is InChI=1S/C26H23FN2O4/c1-18(20-7-3-2-4-8-20)28-26(32)22-9-5-6-10-23(22)29-24(30)17-33-25(31)16-13-19-11-14-21(27)15-12-19/h2-16,18H,17H2,1H3,(H,28,32)(H,29,30)/b16-13+. The number of nitrogens with one attached hydrogen (secondary N) is 2. The molecule has 6 nitrogen and oxygen atoms in total. The van der Waals surface area contributed by atoms with Gasteiger partial charge in [-0.25, -0.2) is 9.18 Å². The molecular formula is C26H23FN2O4. The summed E-state index contributed by atoms with van der Waals surface area (Å²) in [6.45, 7) is 1.34. The maximum Gasteiger partial charge on any atom is 0.331 e. The number of halogens is 1. The summed E-state index contributed by atoms with van der Waals surface area (Å²) in [7, 11) is 0. The molecule has 2 amide bonds. The maximum atomic E-state index is 12.9. The first-order valence-electron chi connectivity index (χ1n) is 10.3. The third-order valence-corrected chi connectivity index (χ3v) is 4.72. The van der Waals surface area contributed by atoms with Gasteiger partial charge in [-0.2, -0.15) is 0 Å². The highest BCUT2D eigenvalue weighted by molar-refractivity contribution is 6.04. The van der Waals surface area contributed by atoms with Crippen molar-refractivity contribution in [2.75, 3.05) is 11.9 Å². The number of hydrogen-bond acceptors (Lipinski definition) is 4. The Bertz CT molecular complexity index is 1140. The van der Waals surface area contributed by atoms with E-state index < -0.39 is 18.5 Å². The number of amides is 2. The van der Waals surface area contributed by atoms with Gasteiger partial charge in [-0.1, -0.05) is 54.6 Å². The molecule has 1 atom stereocenters. The molecule has 0 radical (unpaired) electrons. The van der Waals surface area contributed by atoms with Crippen LogP contribution in [0.5, 0.6) is 0 Å². The normalized spacial score (nSPS) is 11.6. The van der Waals surface area contributed by atoms with Crippen LogP contribution in [0.1, 0.15) is 34.5 Å². The van der Waals surface area contributed by atoms with Gasteiger partial charge in [-0.15, -0.1) is 0 Å². The lowest BCUT2D eigenvalue weighted by Gasteiger charge is -2.16. The molecule has 0 aliphatic rings. The van der Waals surface area contributed by atoms with Crippen molar-refractivity contribution in [1.29, 1.82) is 0 Å². The average Bonchev–Trinajstić information content (AvgIpc) is 2.83. The van der Waals surface area contributed by atoms with E-state index in [9.17, 15) is 18.8 Å². The summed E-state index contributed by atoms with van der Waals surface area (Å²) < 4.78 is 17.8. The SMILES string of the molecule is CC(NC(=O)c1ccccc1NC(=O)COC(=O)/C=C/c1ccc(F)cc1)c1ccccc1. The van der Waals surface area contributed by atoms with Gasteiger partial charge < -0.3 is 15.4 Å². The van der Waals surface area contributed by atoms with Crippen molar-refractivity contribution in [2.24, 2.45) is 0 Å². The third kappa shape index (κ3) is 7.14. The molecule has 0 saturated heterocycles. The van der Waals surface area contributed by atoms with E-state index in [4.69, 9.17) is 4.74 Å². The molecule has 0 aromatic heterocycles. The summed E-state index contributed by atoms with van der Waals surface area (Å²) >= 11 is 0. The molecule has 0 spiro atoms. The molecule has 33 heavy (non-hydrogen) atoms. The van der Waals surface area contributed by atoms with Crippen molar-refractivity contribution in [3.8, 4) is 0 Å². The number of hydrogen-bond donors (Lipinski definition) is 2. The van der Waals surface area contributed by atoms with Gasteiger partial charge in [0.1, 0.15) is 5.82 Å². The van der Waals surface area contributed by atoms with Crippen molar-refractivity contribution in [2.45, 2.75) is 13.0 Å². The number of rotatable bonds is 8. The van der Waals surface area contributed by atoms with Crippen LogP contribution in [0.2, 0.25) is 0 Å². The van der Waals surface area contributed by atoms with Crippen molar-refractivity contribution in [1.82, 2.24) is 5.32 Å². The minimum Gasteiger partial charge on any atom is -0.452 e. The molecule has 0 fully saturated rings. The molecule has 3 rings (SSSR count). The van der Waals surface area contributed by atoms with Crippen molar-refractivity contribution in [3.63, 3.8) is 0 Å². The van der Waals surface area contributed by atoms with E-state index in [1.165, 1.54) is 30.3 Å². The molecule has 7 heteroatoms. The number of carbonyl (C=O) groups is 3. The molecule has 168 valence electrons. The van der Waals surface area contributed by atoms with E-state index in [-0.39, 0.29) is 23.3 Å². The van der Waals surface area contributed by atoms with Crippen LogP contribution in [0.4, 0.5) is 10.1 Å². The van der Waals surface area contributed by atoms with E-state index in [1.807, 2.05) is 37.3 Å². The first kappa shape index (κ1) is 23.4. The highest BCUT2D eigenvalue weighted by Gasteiger charge is 2.16. The van der Waals surface area contributed by atoms with Crippen LogP contribution in [-0.4, -0.2) is 24.4 Å². The summed E-state index contributed by atoms with van der Waals surface area (Å²) in [6.07, 6.45) is 2.60. The minimum absolute atomic E-state index is 0.226. The Kier molecular flexibility index (Phi) is 8.07.